The number of halogens is 1. The van der Waals surface area contributed by atoms with Crippen LogP contribution in [0.25, 0.3) is 0 Å². The molecule has 0 saturated carbocycles. The van der Waals surface area contributed by atoms with Crippen LogP contribution in [0.4, 0.5) is 14.4 Å². The van der Waals surface area contributed by atoms with E-state index in [2.05, 4.69) is 31.4 Å². The Morgan fingerprint density at radius 1 is 0.529 bits per heavy atom. The van der Waals surface area contributed by atoms with Crippen LogP contribution in [0.1, 0.15) is 51.3 Å². The van der Waals surface area contributed by atoms with Crippen molar-refractivity contribution in [3.05, 3.63) is 108 Å². The van der Waals surface area contributed by atoms with Gasteiger partial charge in [-0.05, 0) is 37.8 Å². The van der Waals surface area contributed by atoms with Crippen molar-refractivity contribution in [2.45, 2.75) is 54.4 Å². The third kappa shape index (κ3) is 72.3. The fourth-order valence-electron chi connectivity index (χ4n) is 2.17. The molecule has 285 valence electrons. The van der Waals surface area contributed by atoms with Gasteiger partial charge in [-0.2, -0.15) is 0 Å². The molecule has 14 nitrogen and oxygen atoms in total. The maximum atomic E-state index is 10.2. The standard InChI is InChI=1S/C8H7ClO2.2C8H9NO2.C2H4O2.2C2H6.3CH5N.3B.H3N/c3*9-8(10)11-6-7-4-2-1-3-5-7;1-2(3)4;5*1-2;;;;/h1-5H,6H2;2*1-5H,6H2,(H2,9,10);1H3,(H,3,4);2*1-2H3;3*2H2,1H3;;;;1H3. The molecule has 3 aromatic rings. The Bertz CT molecular complexity index is 955. The van der Waals surface area contributed by atoms with Crippen LogP contribution >= 0.6 is 11.6 Å². The number of primary amides is 2. The lowest BCUT2D eigenvalue weighted by molar-refractivity contribution is -0.134. The van der Waals surface area contributed by atoms with E-state index in [-0.39, 0.29) is 51.2 Å². The van der Waals surface area contributed by atoms with Crippen LogP contribution in [0, 0.1) is 0 Å². The van der Waals surface area contributed by atoms with Crippen LogP contribution in [0.3, 0.4) is 0 Å². The molecular formula is C33H59B3ClN6O8. The number of benzene rings is 3. The van der Waals surface area contributed by atoms with Crippen molar-refractivity contribution in [1.29, 1.82) is 0 Å². The number of nitrogens with two attached hydrogens (primary N) is 5. The van der Waals surface area contributed by atoms with Crippen LogP contribution in [0.15, 0.2) is 91.0 Å². The molecule has 0 aromatic heterocycles. The predicted octanol–water partition coefficient (Wildman–Crippen LogP) is 5.01. The quantitative estimate of drug-likeness (QED) is 0.0999. The van der Waals surface area contributed by atoms with Gasteiger partial charge in [0.1, 0.15) is 19.8 Å². The summed E-state index contributed by atoms with van der Waals surface area (Å²) in [6.45, 7) is 9.81. The molecule has 0 spiro atoms. The lowest BCUT2D eigenvalue weighted by Crippen LogP contribution is -2.12. The molecule has 3 rings (SSSR count). The Hall–Kier alpha value is -4.54. The van der Waals surface area contributed by atoms with Crippen LogP contribution in [0.5, 0.6) is 0 Å². The molecule has 3 aromatic carbocycles. The van der Waals surface area contributed by atoms with Gasteiger partial charge in [-0.3, -0.25) is 4.79 Å². The third-order valence-corrected chi connectivity index (χ3v) is 3.75. The van der Waals surface area contributed by atoms with Gasteiger partial charge in [0, 0.05) is 43.8 Å². The average molecular weight is 736 g/mol. The maximum Gasteiger partial charge on any atom is 0.404 e. The SMILES string of the molecule is CC.CC.CC(=O)O.CN.CN.CN.N.NC(=O)OCc1ccccc1.NC(=O)OCc1ccccc1.O=C(Cl)OCc1ccccc1.[B].[B].[B]. The predicted molar refractivity (Wildman–Crippen MR) is 213 cm³/mol. The van der Waals surface area contributed by atoms with Crippen molar-refractivity contribution < 1.29 is 38.5 Å². The Labute approximate surface area is 316 Å². The molecule has 51 heavy (non-hydrogen) atoms. The van der Waals surface area contributed by atoms with Crippen molar-refractivity contribution in [2.75, 3.05) is 21.1 Å². The summed E-state index contributed by atoms with van der Waals surface area (Å²) in [5.41, 5.74) is 25.1. The zero-order chi connectivity index (χ0) is 37.9. The van der Waals surface area contributed by atoms with Crippen LogP contribution in [-0.4, -0.2) is 75.1 Å². The molecule has 9 radical (unpaired) electrons. The highest BCUT2D eigenvalue weighted by atomic mass is 35.5. The zero-order valence-electron chi connectivity index (χ0n) is 31.3. The number of hydrogen-bond donors (Lipinski definition) is 7. The molecule has 18 heteroatoms. The molecule has 0 unspecified atom stereocenters. The van der Waals surface area contributed by atoms with Gasteiger partial charge in [-0.1, -0.05) is 119 Å². The molecule has 0 aliphatic heterocycles. The van der Waals surface area contributed by atoms with E-state index < -0.39 is 23.6 Å². The van der Waals surface area contributed by atoms with E-state index in [1.54, 1.807) is 0 Å². The van der Waals surface area contributed by atoms with Gasteiger partial charge >= 0.3 is 17.6 Å². The fourth-order valence-corrected chi connectivity index (χ4v) is 2.23. The summed E-state index contributed by atoms with van der Waals surface area (Å²) >= 11 is 4.97. The first kappa shape index (κ1) is 72.2. The van der Waals surface area contributed by atoms with Crippen molar-refractivity contribution in [3.63, 3.8) is 0 Å². The second-order valence-corrected chi connectivity index (χ2v) is 7.03. The van der Waals surface area contributed by atoms with E-state index in [1.165, 1.54) is 21.1 Å². The molecule has 0 aliphatic rings. The monoisotopic (exact) mass is 735 g/mol. The minimum absolute atomic E-state index is 0. The highest BCUT2D eigenvalue weighted by Crippen LogP contribution is 2.02. The van der Waals surface area contributed by atoms with Crippen molar-refractivity contribution >= 4 is 60.4 Å². The summed E-state index contributed by atoms with van der Waals surface area (Å²) in [7, 11) is 4.50. The van der Waals surface area contributed by atoms with Gasteiger partial charge in [0.05, 0.1) is 0 Å². The summed E-state index contributed by atoms with van der Waals surface area (Å²) in [5.74, 6) is -0.833. The molecular weight excluding hydrogens is 676 g/mol. The number of amides is 2. The Balaban J connectivity index is -0.0000000508. The molecule has 0 fully saturated rings. The van der Waals surface area contributed by atoms with Gasteiger partial charge in [0.2, 0.25) is 0 Å². The lowest BCUT2D eigenvalue weighted by atomic mass is 10.2. The highest BCUT2D eigenvalue weighted by molar-refractivity contribution is 6.61. The third-order valence-electron chi connectivity index (χ3n) is 3.64. The summed E-state index contributed by atoms with van der Waals surface area (Å²) in [6, 6.07) is 28.1. The molecule has 0 saturated heterocycles. The van der Waals surface area contributed by atoms with Crippen LogP contribution < -0.4 is 34.8 Å². The summed E-state index contributed by atoms with van der Waals surface area (Å²) in [6.07, 6.45) is -1.48. The van der Waals surface area contributed by atoms with Crippen molar-refractivity contribution in [3.8, 4) is 0 Å². The van der Waals surface area contributed by atoms with Gasteiger partial charge in [0.25, 0.3) is 5.97 Å². The number of aliphatic carboxylic acids is 1. The molecule has 0 heterocycles. The number of carbonyl (C=O) groups excluding carboxylic acids is 3. The van der Waals surface area contributed by atoms with E-state index in [0.29, 0.717) is 0 Å². The first-order valence-corrected chi connectivity index (χ1v) is 14.7. The van der Waals surface area contributed by atoms with Gasteiger partial charge in [-0.15, -0.1) is 0 Å². The van der Waals surface area contributed by atoms with Crippen LogP contribution in [0.2, 0.25) is 0 Å². The highest BCUT2D eigenvalue weighted by Gasteiger charge is 1.96. The molecule has 0 aliphatic carbocycles. The largest absolute Gasteiger partial charge is 0.481 e. The minimum atomic E-state index is -0.833. The number of ether oxygens (including phenoxy) is 3. The Morgan fingerprint density at radius 3 is 0.863 bits per heavy atom. The normalized spacial score (nSPS) is 6.98. The van der Waals surface area contributed by atoms with E-state index in [4.69, 9.17) is 33.0 Å². The Kier molecular flexibility index (Phi) is 90.7. The second-order valence-electron chi connectivity index (χ2n) is 6.72. The van der Waals surface area contributed by atoms with E-state index in [0.717, 1.165) is 23.6 Å². The minimum Gasteiger partial charge on any atom is -0.481 e. The number of carbonyl (C=O) groups is 4. The number of hydrogen-bond acceptors (Lipinski definition) is 11. The molecule has 14 N–H and O–H groups in total. The van der Waals surface area contributed by atoms with E-state index in [1.807, 2.05) is 119 Å². The first-order chi connectivity index (χ1) is 22.6. The average Bonchev–Trinajstić information content (AvgIpc) is 3.11. The summed E-state index contributed by atoms with van der Waals surface area (Å²) in [4.78, 5) is 39.5. The summed E-state index contributed by atoms with van der Waals surface area (Å²) < 4.78 is 13.7. The van der Waals surface area contributed by atoms with E-state index in [9.17, 15) is 14.4 Å². The lowest BCUT2D eigenvalue weighted by Gasteiger charge is -1.99. The van der Waals surface area contributed by atoms with Gasteiger partial charge in [0.15, 0.2) is 0 Å². The molecule has 2 amide bonds. The molecule has 0 bridgehead atoms. The number of carboxylic acids is 1. The molecule has 0 atom stereocenters. The summed E-state index contributed by atoms with van der Waals surface area (Å²) in [5, 5.41) is 7.42. The van der Waals surface area contributed by atoms with Crippen LogP contribution in [-0.2, 0) is 38.8 Å². The fraction of sp³-hybridized carbons (Fsp3) is 0.333. The zero-order valence-corrected chi connectivity index (χ0v) is 32.0. The van der Waals surface area contributed by atoms with Crippen molar-refractivity contribution in [1.82, 2.24) is 6.15 Å². The maximum absolute atomic E-state index is 10.2. The van der Waals surface area contributed by atoms with E-state index >= 15 is 0 Å². The Morgan fingerprint density at radius 2 is 0.706 bits per heavy atom. The second kappa shape index (κ2) is 64.0. The number of rotatable bonds is 6. The first-order valence-electron chi connectivity index (χ1n) is 14.3. The van der Waals surface area contributed by atoms with Gasteiger partial charge in [-0.25, -0.2) is 14.4 Å². The topological polar surface area (TPSA) is 281 Å². The van der Waals surface area contributed by atoms with Crippen molar-refractivity contribution in [2.24, 2.45) is 28.7 Å². The smallest absolute Gasteiger partial charge is 0.404 e. The number of carboxylic acid groups (broad SMARTS) is 1. The van der Waals surface area contributed by atoms with Gasteiger partial charge < -0.3 is 54.1 Å².